The second-order valence-electron chi connectivity index (χ2n) is 4.33. The third-order valence-corrected chi connectivity index (χ3v) is 2.92. The molecule has 0 radical (unpaired) electrons. The molecular formula is C15H20N2. The molecule has 0 saturated heterocycles. The van der Waals surface area contributed by atoms with E-state index in [0.29, 0.717) is 0 Å². The maximum Gasteiger partial charge on any atom is 0.0486 e. The van der Waals surface area contributed by atoms with Gasteiger partial charge in [0.2, 0.25) is 0 Å². The molecule has 0 amide bonds. The minimum atomic E-state index is 0.870. The molecule has 1 aromatic heterocycles. The minimum absolute atomic E-state index is 0.870. The van der Waals surface area contributed by atoms with Crippen LogP contribution in [0.25, 0.3) is 10.9 Å². The highest BCUT2D eigenvalue weighted by Gasteiger charge is 2.01. The van der Waals surface area contributed by atoms with E-state index in [1.165, 1.54) is 22.9 Å². The van der Waals surface area contributed by atoms with Crippen molar-refractivity contribution in [2.75, 3.05) is 6.54 Å². The van der Waals surface area contributed by atoms with Gasteiger partial charge in [0.25, 0.3) is 0 Å². The van der Waals surface area contributed by atoms with Gasteiger partial charge in [-0.1, -0.05) is 25.1 Å². The van der Waals surface area contributed by atoms with E-state index in [-0.39, 0.29) is 0 Å². The van der Waals surface area contributed by atoms with Crippen LogP contribution in [0, 0.1) is 0 Å². The lowest BCUT2D eigenvalue weighted by atomic mass is 10.1. The van der Waals surface area contributed by atoms with E-state index < -0.39 is 0 Å². The molecule has 0 atom stereocenters. The van der Waals surface area contributed by atoms with Crippen molar-refractivity contribution in [1.29, 1.82) is 0 Å². The first kappa shape index (κ1) is 11.9. The van der Waals surface area contributed by atoms with Crippen LogP contribution in [0.2, 0.25) is 0 Å². The van der Waals surface area contributed by atoms with Gasteiger partial charge < -0.3 is 9.88 Å². The van der Waals surface area contributed by atoms with Crippen LogP contribution in [-0.2, 0) is 13.1 Å². The van der Waals surface area contributed by atoms with E-state index in [2.05, 4.69) is 53.8 Å². The molecule has 0 unspecified atom stereocenters. The summed E-state index contributed by atoms with van der Waals surface area (Å²) in [7, 11) is 0. The van der Waals surface area contributed by atoms with Crippen molar-refractivity contribution in [1.82, 2.24) is 9.88 Å². The van der Waals surface area contributed by atoms with Crippen LogP contribution < -0.4 is 5.32 Å². The van der Waals surface area contributed by atoms with Gasteiger partial charge in [0.1, 0.15) is 0 Å². The first-order chi connectivity index (χ1) is 8.35. The molecule has 2 nitrogen and oxygen atoms in total. The molecule has 0 aliphatic heterocycles. The summed E-state index contributed by atoms with van der Waals surface area (Å²) in [5.74, 6) is 0. The van der Waals surface area contributed by atoms with Crippen LogP contribution >= 0.6 is 0 Å². The first-order valence-electron chi connectivity index (χ1n) is 6.24. The molecule has 2 aromatic rings. The number of rotatable bonds is 6. The smallest absolute Gasteiger partial charge is 0.0486 e. The SMILES string of the molecule is C=CCn1ccc2ccc(CNCCC)cc21. The van der Waals surface area contributed by atoms with Crippen molar-refractivity contribution in [2.24, 2.45) is 0 Å². The lowest BCUT2D eigenvalue weighted by Crippen LogP contribution is -2.13. The molecule has 0 saturated carbocycles. The summed E-state index contributed by atoms with van der Waals surface area (Å²) in [6.07, 6.45) is 5.23. The lowest BCUT2D eigenvalue weighted by molar-refractivity contribution is 0.675. The molecule has 90 valence electrons. The van der Waals surface area contributed by atoms with Gasteiger partial charge in [0, 0.05) is 24.8 Å². The van der Waals surface area contributed by atoms with Gasteiger partial charge in [-0.25, -0.2) is 0 Å². The highest BCUT2D eigenvalue weighted by atomic mass is 14.9. The third kappa shape index (κ3) is 2.77. The van der Waals surface area contributed by atoms with Crippen molar-refractivity contribution < 1.29 is 0 Å². The summed E-state index contributed by atoms with van der Waals surface area (Å²) < 4.78 is 2.23. The number of nitrogens with one attached hydrogen (secondary N) is 1. The Morgan fingerprint density at radius 3 is 3.00 bits per heavy atom. The number of benzene rings is 1. The first-order valence-corrected chi connectivity index (χ1v) is 6.24. The number of fused-ring (bicyclic) bond motifs is 1. The summed E-state index contributed by atoms with van der Waals surface area (Å²) in [5, 5.41) is 4.73. The minimum Gasteiger partial charge on any atom is -0.344 e. The Bertz CT molecular complexity index is 497. The van der Waals surface area contributed by atoms with E-state index in [4.69, 9.17) is 0 Å². The summed E-state index contributed by atoms with van der Waals surface area (Å²) in [5.41, 5.74) is 2.63. The van der Waals surface area contributed by atoms with Gasteiger partial charge in [-0.2, -0.15) is 0 Å². The highest BCUT2D eigenvalue weighted by Crippen LogP contribution is 2.17. The standard InChI is InChI=1S/C15H20N2/c1-3-8-16-12-13-5-6-14-7-10-17(9-4-2)15(14)11-13/h4-7,10-11,16H,2-3,8-9,12H2,1H3. The summed E-state index contributed by atoms with van der Waals surface area (Å²) in [4.78, 5) is 0. The van der Waals surface area contributed by atoms with Crippen LogP contribution in [0.15, 0.2) is 43.1 Å². The van der Waals surface area contributed by atoms with E-state index >= 15 is 0 Å². The normalized spacial score (nSPS) is 10.9. The fourth-order valence-electron chi connectivity index (χ4n) is 2.05. The average molecular weight is 228 g/mol. The Kier molecular flexibility index (Phi) is 3.99. The fourth-order valence-corrected chi connectivity index (χ4v) is 2.05. The van der Waals surface area contributed by atoms with E-state index in [1.54, 1.807) is 0 Å². The second kappa shape index (κ2) is 5.69. The highest BCUT2D eigenvalue weighted by molar-refractivity contribution is 5.80. The third-order valence-electron chi connectivity index (χ3n) is 2.92. The van der Waals surface area contributed by atoms with Crippen LogP contribution in [0.5, 0.6) is 0 Å². The van der Waals surface area contributed by atoms with E-state index in [9.17, 15) is 0 Å². The monoisotopic (exact) mass is 228 g/mol. The van der Waals surface area contributed by atoms with Gasteiger partial charge in [-0.3, -0.25) is 0 Å². The Labute approximate surface area is 103 Å². The van der Waals surface area contributed by atoms with Crippen LogP contribution in [0.4, 0.5) is 0 Å². The molecule has 2 rings (SSSR count). The molecule has 1 aromatic carbocycles. The molecule has 1 heterocycles. The van der Waals surface area contributed by atoms with Crippen molar-refractivity contribution in [3.63, 3.8) is 0 Å². The largest absolute Gasteiger partial charge is 0.344 e. The zero-order chi connectivity index (χ0) is 12.1. The predicted molar refractivity (Wildman–Crippen MR) is 74.1 cm³/mol. The molecule has 0 bridgehead atoms. The van der Waals surface area contributed by atoms with Gasteiger partial charge in [0.15, 0.2) is 0 Å². The van der Waals surface area contributed by atoms with Crippen molar-refractivity contribution in [2.45, 2.75) is 26.4 Å². The number of nitrogens with zero attached hydrogens (tertiary/aromatic N) is 1. The molecular weight excluding hydrogens is 208 g/mol. The molecule has 1 N–H and O–H groups in total. The van der Waals surface area contributed by atoms with Gasteiger partial charge in [-0.15, -0.1) is 6.58 Å². The van der Waals surface area contributed by atoms with Gasteiger partial charge >= 0.3 is 0 Å². The van der Waals surface area contributed by atoms with Crippen molar-refractivity contribution >= 4 is 10.9 Å². The maximum absolute atomic E-state index is 3.79. The van der Waals surface area contributed by atoms with Gasteiger partial charge in [-0.05, 0) is 36.0 Å². The molecule has 2 heteroatoms. The van der Waals surface area contributed by atoms with Crippen molar-refractivity contribution in [3.8, 4) is 0 Å². The summed E-state index contributed by atoms with van der Waals surface area (Å²) in [6, 6.07) is 8.81. The number of hydrogen-bond donors (Lipinski definition) is 1. The Hall–Kier alpha value is -1.54. The molecule has 0 fully saturated rings. The van der Waals surface area contributed by atoms with Crippen LogP contribution in [0.3, 0.4) is 0 Å². The molecule has 0 aliphatic rings. The average Bonchev–Trinajstić information content (AvgIpc) is 2.73. The summed E-state index contributed by atoms with van der Waals surface area (Å²) >= 11 is 0. The number of aromatic nitrogens is 1. The zero-order valence-corrected chi connectivity index (χ0v) is 10.4. The molecule has 17 heavy (non-hydrogen) atoms. The number of hydrogen-bond acceptors (Lipinski definition) is 1. The van der Waals surface area contributed by atoms with Crippen LogP contribution in [0.1, 0.15) is 18.9 Å². The van der Waals surface area contributed by atoms with E-state index in [1.807, 2.05) is 6.08 Å². The lowest BCUT2D eigenvalue weighted by Gasteiger charge is -2.06. The quantitative estimate of drug-likeness (QED) is 0.593. The van der Waals surface area contributed by atoms with Gasteiger partial charge in [0.05, 0.1) is 0 Å². The molecule has 0 spiro atoms. The topological polar surface area (TPSA) is 17.0 Å². The fraction of sp³-hybridized carbons (Fsp3) is 0.333. The van der Waals surface area contributed by atoms with Crippen LogP contribution in [-0.4, -0.2) is 11.1 Å². The number of allylic oxidation sites excluding steroid dienone is 1. The maximum atomic E-state index is 3.79. The summed E-state index contributed by atoms with van der Waals surface area (Å²) in [6.45, 7) is 8.87. The van der Waals surface area contributed by atoms with Crippen molar-refractivity contribution in [3.05, 3.63) is 48.7 Å². The predicted octanol–water partition coefficient (Wildman–Crippen LogP) is 3.33. The Balaban J connectivity index is 2.21. The Morgan fingerprint density at radius 1 is 1.35 bits per heavy atom. The zero-order valence-electron chi connectivity index (χ0n) is 10.4. The second-order valence-corrected chi connectivity index (χ2v) is 4.33. The Morgan fingerprint density at radius 2 is 2.24 bits per heavy atom. The van der Waals surface area contributed by atoms with E-state index in [0.717, 1.165) is 19.6 Å². The molecule has 0 aliphatic carbocycles.